The van der Waals surface area contributed by atoms with Crippen LogP contribution >= 0.6 is 0 Å². The van der Waals surface area contributed by atoms with Gasteiger partial charge >= 0.3 is 6.09 Å². The van der Waals surface area contributed by atoms with E-state index in [2.05, 4.69) is 15.6 Å². The van der Waals surface area contributed by atoms with Crippen molar-refractivity contribution in [2.24, 2.45) is 0 Å². The van der Waals surface area contributed by atoms with Crippen molar-refractivity contribution in [3.8, 4) is 5.75 Å². The van der Waals surface area contributed by atoms with Gasteiger partial charge in [-0.3, -0.25) is 10.1 Å². The Morgan fingerprint density at radius 3 is 2.59 bits per heavy atom. The summed E-state index contributed by atoms with van der Waals surface area (Å²) < 4.78 is 52.4. The maximum atomic E-state index is 15.7. The van der Waals surface area contributed by atoms with Crippen LogP contribution in [0.1, 0.15) is 48.5 Å². The van der Waals surface area contributed by atoms with E-state index in [1.807, 2.05) is 0 Å². The fraction of sp³-hybridized carbons (Fsp3) is 0.303. The molecule has 46 heavy (non-hydrogen) atoms. The number of methoxy groups -OCH3 is 2. The lowest BCUT2D eigenvalue weighted by Crippen LogP contribution is -2.38. The largest absolute Gasteiger partial charge is 0.496 e. The van der Waals surface area contributed by atoms with Gasteiger partial charge in [0.1, 0.15) is 23.4 Å². The highest BCUT2D eigenvalue weighted by atomic mass is 32.2. The zero-order valence-corrected chi connectivity index (χ0v) is 26.8. The summed E-state index contributed by atoms with van der Waals surface area (Å²) in [5, 5.41) is 7.30. The van der Waals surface area contributed by atoms with Gasteiger partial charge in [-0.15, -0.1) is 0 Å². The molecular formula is C33H36FN5O6S. The fourth-order valence-corrected chi connectivity index (χ4v) is 6.99. The first-order valence-electron chi connectivity index (χ1n) is 14.7. The van der Waals surface area contributed by atoms with Crippen LogP contribution in [-0.4, -0.2) is 56.8 Å². The minimum atomic E-state index is -3.72. The predicted molar refractivity (Wildman–Crippen MR) is 174 cm³/mol. The van der Waals surface area contributed by atoms with Crippen molar-refractivity contribution in [1.82, 2.24) is 9.88 Å². The summed E-state index contributed by atoms with van der Waals surface area (Å²) >= 11 is 0. The molecule has 5 rings (SSSR count). The number of amides is 2. The van der Waals surface area contributed by atoms with Crippen molar-refractivity contribution in [3.05, 3.63) is 83.3 Å². The highest BCUT2D eigenvalue weighted by Gasteiger charge is 2.38. The Labute approximate surface area is 266 Å². The summed E-state index contributed by atoms with van der Waals surface area (Å²) in [6.07, 6.45) is 1.88. The summed E-state index contributed by atoms with van der Waals surface area (Å²) in [7, 11) is -1.03. The van der Waals surface area contributed by atoms with Crippen LogP contribution in [0.4, 0.5) is 26.4 Å². The molecule has 4 aromatic rings. The minimum Gasteiger partial charge on any atom is -0.496 e. The van der Waals surface area contributed by atoms with Gasteiger partial charge in [-0.1, -0.05) is 6.92 Å². The van der Waals surface area contributed by atoms with Gasteiger partial charge < -0.3 is 25.4 Å². The number of carbonyl (C=O) groups is 2. The average Bonchev–Trinajstić information content (AvgIpc) is 3.54. The number of sulfone groups is 1. The normalized spacial score (nSPS) is 15.4. The number of nitrogen functional groups attached to an aromatic ring is 1. The molecule has 1 aromatic heterocycles. The molecule has 242 valence electrons. The standard InChI is InChI=1S/C33H36FN5O6S/c1-5-46(42,43)29-11-9-22(38-33(41)45-4)17-25(29)27-7-6-14-39(27)32(40)30(24-18-28(44-3)19(2)15-26(24)34)37-21-8-10-23-20(16-21)12-13-36-31(23)35/h8-13,15-18,27,30,37H,5-7,14H2,1-4H3,(H2,35,36)(H,38,41)/t27-,30+/m1/s1. The van der Waals surface area contributed by atoms with Crippen LogP contribution in [-0.2, 0) is 19.4 Å². The topological polar surface area (TPSA) is 153 Å². The molecule has 1 aliphatic heterocycles. The molecule has 0 bridgehead atoms. The van der Waals surface area contributed by atoms with Gasteiger partial charge in [-0.25, -0.2) is 22.6 Å². The maximum Gasteiger partial charge on any atom is 0.411 e. The van der Waals surface area contributed by atoms with Crippen LogP contribution in [0.3, 0.4) is 0 Å². The second-order valence-electron chi connectivity index (χ2n) is 11.0. The number of ether oxygens (including phenoxy) is 2. The molecular weight excluding hydrogens is 613 g/mol. The molecule has 3 aromatic carbocycles. The van der Waals surface area contributed by atoms with Gasteiger partial charge in [-0.05, 0) is 90.9 Å². The number of hydrogen-bond donors (Lipinski definition) is 3. The van der Waals surface area contributed by atoms with Crippen molar-refractivity contribution in [2.45, 2.75) is 43.7 Å². The number of likely N-dealkylation sites (tertiary alicyclic amines) is 1. The number of nitrogens with zero attached hydrogens (tertiary/aromatic N) is 2. The van der Waals surface area contributed by atoms with E-state index in [1.165, 1.54) is 45.4 Å². The number of pyridine rings is 1. The fourth-order valence-electron chi connectivity index (χ4n) is 5.85. The number of rotatable bonds is 9. The van der Waals surface area contributed by atoms with Crippen LogP contribution in [0.2, 0.25) is 0 Å². The van der Waals surface area contributed by atoms with Gasteiger partial charge in [0, 0.05) is 35.1 Å². The van der Waals surface area contributed by atoms with Crippen LogP contribution in [0, 0.1) is 12.7 Å². The van der Waals surface area contributed by atoms with Gasteiger partial charge in [-0.2, -0.15) is 0 Å². The van der Waals surface area contributed by atoms with E-state index < -0.39 is 39.7 Å². The number of aromatic nitrogens is 1. The molecule has 0 aliphatic carbocycles. The monoisotopic (exact) mass is 649 g/mol. The van der Waals surface area contributed by atoms with Crippen molar-refractivity contribution >= 4 is 49.8 Å². The summed E-state index contributed by atoms with van der Waals surface area (Å²) in [5.74, 6) is -0.470. The SMILES string of the molecule is CCS(=O)(=O)c1ccc(NC(=O)OC)cc1[C@H]1CCCN1C(=O)[C@@H](Nc1ccc2c(N)nccc2c1)c1cc(OC)c(C)cc1F. The molecule has 2 atom stereocenters. The van der Waals surface area contributed by atoms with Crippen LogP contribution in [0.25, 0.3) is 10.8 Å². The molecule has 0 saturated carbocycles. The molecule has 4 N–H and O–H groups in total. The van der Waals surface area contributed by atoms with Crippen LogP contribution < -0.4 is 21.1 Å². The zero-order valence-electron chi connectivity index (χ0n) is 26.0. The first kappa shape index (κ1) is 32.5. The third-order valence-corrected chi connectivity index (χ3v) is 10.0. The number of carbonyl (C=O) groups excluding carboxylic acids is 2. The van der Waals surface area contributed by atoms with Gasteiger partial charge in [0.05, 0.1) is 30.9 Å². The van der Waals surface area contributed by atoms with E-state index in [0.717, 1.165) is 10.8 Å². The minimum absolute atomic E-state index is 0.0588. The maximum absolute atomic E-state index is 15.7. The summed E-state index contributed by atoms with van der Waals surface area (Å²) in [4.78, 5) is 32.3. The third-order valence-electron chi connectivity index (χ3n) is 8.23. The van der Waals surface area contributed by atoms with Crippen molar-refractivity contribution in [2.75, 3.05) is 42.9 Å². The van der Waals surface area contributed by atoms with E-state index in [4.69, 9.17) is 15.2 Å². The number of benzene rings is 3. The lowest BCUT2D eigenvalue weighted by atomic mass is 9.99. The van der Waals surface area contributed by atoms with Crippen LogP contribution in [0.5, 0.6) is 5.75 Å². The third kappa shape index (κ3) is 6.41. The van der Waals surface area contributed by atoms with Gasteiger partial charge in [0.25, 0.3) is 0 Å². The first-order chi connectivity index (χ1) is 22.0. The Kier molecular flexibility index (Phi) is 9.33. The van der Waals surface area contributed by atoms with Crippen molar-refractivity contribution in [1.29, 1.82) is 0 Å². The number of anilines is 3. The molecule has 0 radical (unpaired) electrons. The molecule has 0 spiro atoms. The molecule has 1 fully saturated rings. The zero-order chi connectivity index (χ0) is 33.2. The molecule has 1 saturated heterocycles. The molecule has 1 aliphatic rings. The summed E-state index contributed by atoms with van der Waals surface area (Å²) in [6, 6.07) is 12.5. The molecule has 11 nitrogen and oxygen atoms in total. The molecule has 0 unspecified atom stereocenters. The van der Waals surface area contributed by atoms with E-state index in [1.54, 1.807) is 48.4 Å². The van der Waals surface area contributed by atoms with Crippen molar-refractivity contribution in [3.63, 3.8) is 0 Å². The van der Waals surface area contributed by atoms with E-state index in [9.17, 15) is 18.0 Å². The Bertz CT molecular complexity index is 1920. The predicted octanol–water partition coefficient (Wildman–Crippen LogP) is 5.76. The second-order valence-corrected chi connectivity index (χ2v) is 13.3. The lowest BCUT2D eigenvalue weighted by molar-refractivity contribution is -0.133. The number of halogens is 1. The number of aryl methyl sites for hydroxylation is 1. The Morgan fingerprint density at radius 1 is 1.11 bits per heavy atom. The van der Waals surface area contributed by atoms with Gasteiger partial charge in [0.2, 0.25) is 5.91 Å². The number of hydrogen-bond acceptors (Lipinski definition) is 9. The molecule has 13 heteroatoms. The smallest absolute Gasteiger partial charge is 0.411 e. The van der Waals surface area contributed by atoms with Crippen LogP contribution in [0.15, 0.2) is 65.7 Å². The molecule has 2 heterocycles. The summed E-state index contributed by atoms with van der Waals surface area (Å²) in [6.45, 7) is 3.55. The first-order valence-corrected chi connectivity index (χ1v) is 16.4. The van der Waals surface area contributed by atoms with E-state index >= 15 is 4.39 Å². The van der Waals surface area contributed by atoms with E-state index in [0.29, 0.717) is 53.5 Å². The Morgan fingerprint density at radius 2 is 1.87 bits per heavy atom. The van der Waals surface area contributed by atoms with Crippen molar-refractivity contribution < 1.29 is 31.9 Å². The Hall–Kier alpha value is -4.91. The number of nitrogens with two attached hydrogens (primary N) is 1. The average molecular weight is 650 g/mol. The highest BCUT2D eigenvalue weighted by molar-refractivity contribution is 7.91. The lowest BCUT2D eigenvalue weighted by Gasteiger charge is -2.32. The highest BCUT2D eigenvalue weighted by Crippen LogP contribution is 2.40. The quantitative estimate of drug-likeness (QED) is 0.205. The number of fused-ring (bicyclic) bond motifs is 1. The molecule has 2 amide bonds. The second kappa shape index (κ2) is 13.2. The summed E-state index contributed by atoms with van der Waals surface area (Å²) in [5.41, 5.74) is 7.86. The number of nitrogens with one attached hydrogen (secondary N) is 2. The Balaban J connectivity index is 1.61. The van der Waals surface area contributed by atoms with Gasteiger partial charge in [0.15, 0.2) is 9.84 Å². The van der Waals surface area contributed by atoms with E-state index in [-0.39, 0.29) is 16.2 Å².